The Kier molecular flexibility index (Phi) is 5.86. The lowest BCUT2D eigenvalue weighted by molar-refractivity contribution is -0.141. The second kappa shape index (κ2) is 8.38. The Hall–Kier alpha value is -2.02. The number of likely N-dealkylation sites (tertiary alicyclic amines) is 1. The van der Waals surface area contributed by atoms with Gasteiger partial charge in [0.1, 0.15) is 12.4 Å². The molecule has 158 valence electrons. The predicted molar refractivity (Wildman–Crippen MR) is 110 cm³/mol. The fraction of sp³-hybridized carbons (Fsp3) is 0.727. The Balaban J connectivity index is 1.63. The van der Waals surface area contributed by atoms with Gasteiger partial charge >= 0.3 is 0 Å². The molecule has 4 rings (SSSR count). The number of amides is 2. The van der Waals surface area contributed by atoms with E-state index in [1.54, 1.807) is 0 Å². The molecule has 2 aliphatic heterocycles. The monoisotopic (exact) mass is 400 g/mol. The van der Waals surface area contributed by atoms with Crippen molar-refractivity contribution in [1.82, 2.24) is 14.9 Å². The standard InChI is InChI=1S/C22H32N4O3/c1-14(2)29-13-20(28)25-11-5-4-6-18(25)21-23-15(3)17-9-10-19(27)26(22(17)24-21)12-16-7-8-16/h14,16,18H,4-13H2,1-3H3. The van der Waals surface area contributed by atoms with Crippen LogP contribution in [0.25, 0.3) is 0 Å². The molecule has 1 aromatic heterocycles. The molecule has 1 unspecified atom stereocenters. The molecule has 7 heteroatoms. The zero-order chi connectivity index (χ0) is 20.5. The van der Waals surface area contributed by atoms with Gasteiger partial charge in [-0.05, 0) is 65.2 Å². The zero-order valence-corrected chi connectivity index (χ0v) is 17.8. The van der Waals surface area contributed by atoms with Crippen molar-refractivity contribution in [2.45, 2.75) is 77.9 Å². The maximum atomic E-state index is 12.8. The molecule has 3 heterocycles. The molecule has 0 aromatic carbocycles. The first-order valence-electron chi connectivity index (χ1n) is 11.0. The maximum absolute atomic E-state index is 12.8. The lowest BCUT2D eigenvalue weighted by Crippen LogP contribution is -2.42. The fourth-order valence-electron chi connectivity index (χ4n) is 4.32. The van der Waals surface area contributed by atoms with Crippen LogP contribution in [0.1, 0.15) is 75.5 Å². The number of nitrogens with zero attached hydrogens (tertiary/aromatic N) is 4. The molecule has 29 heavy (non-hydrogen) atoms. The number of hydrogen-bond acceptors (Lipinski definition) is 5. The molecule has 0 N–H and O–H groups in total. The zero-order valence-electron chi connectivity index (χ0n) is 17.8. The molecule has 3 aliphatic rings. The van der Waals surface area contributed by atoms with E-state index >= 15 is 0 Å². The van der Waals surface area contributed by atoms with E-state index in [4.69, 9.17) is 14.7 Å². The third-order valence-corrected chi connectivity index (χ3v) is 6.15. The Morgan fingerprint density at radius 1 is 1.17 bits per heavy atom. The van der Waals surface area contributed by atoms with Gasteiger partial charge in [0.2, 0.25) is 11.8 Å². The van der Waals surface area contributed by atoms with Gasteiger partial charge in [-0.15, -0.1) is 0 Å². The average molecular weight is 401 g/mol. The minimum absolute atomic E-state index is 0.00622. The first-order chi connectivity index (χ1) is 13.9. The average Bonchev–Trinajstić information content (AvgIpc) is 3.52. The van der Waals surface area contributed by atoms with Gasteiger partial charge in [0.25, 0.3) is 0 Å². The first kappa shape index (κ1) is 20.3. The van der Waals surface area contributed by atoms with E-state index in [0.29, 0.717) is 31.1 Å². The highest BCUT2D eigenvalue weighted by Crippen LogP contribution is 2.37. The van der Waals surface area contributed by atoms with Crippen LogP contribution >= 0.6 is 0 Å². The summed E-state index contributed by atoms with van der Waals surface area (Å²) in [5, 5.41) is 0. The largest absolute Gasteiger partial charge is 0.369 e. The van der Waals surface area contributed by atoms with E-state index in [9.17, 15) is 9.59 Å². The van der Waals surface area contributed by atoms with Gasteiger partial charge in [0, 0.05) is 30.8 Å². The van der Waals surface area contributed by atoms with Gasteiger partial charge < -0.3 is 9.64 Å². The number of anilines is 1. The second-order valence-electron chi connectivity index (χ2n) is 8.88. The summed E-state index contributed by atoms with van der Waals surface area (Å²) < 4.78 is 5.55. The number of ether oxygens (including phenoxy) is 1. The molecule has 2 fully saturated rings. The van der Waals surface area contributed by atoms with Crippen LogP contribution in [0.15, 0.2) is 0 Å². The number of rotatable bonds is 6. The van der Waals surface area contributed by atoms with Crippen LogP contribution in [0.4, 0.5) is 5.82 Å². The summed E-state index contributed by atoms with van der Waals surface area (Å²) in [6, 6.07) is -0.143. The van der Waals surface area contributed by atoms with E-state index < -0.39 is 0 Å². The van der Waals surface area contributed by atoms with Crippen molar-refractivity contribution in [1.29, 1.82) is 0 Å². The van der Waals surface area contributed by atoms with E-state index in [0.717, 1.165) is 42.9 Å². The Labute approximate surface area is 172 Å². The number of aromatic nitrogens is 2. The predicted octanol–water partition coefficient (Wildman–Crippen LogP) is 2.95. The smallest absolute Gasteiger partial charge is 0.249 e. The van der Waals surface area contributed by atoms with Crippen LogP contribution < -0.4 is 4.90 Å². The van der Waals surface area contributed by atoms with E-state index in [1.165, 1.54) is 12.8 Å². The number of carbonyl (C=O) groups excluding carboxylic acids is 2. The minimum atomic E-state index is -0.143. The van der Waals surface area contributed by atoms with Crippen molar-refractivity contribution in [3.63, 3.8) is 0 Å². The number of piperidine rings is 1. The van der Waals surface area contributed by atoms with Crippen molar-refractivity contribution in [2.24, 2.45) is 5.92 Å². The summed E-state index contributed by atoms with van der Waals surface area (Å²) in [5.41, 5.74) is 2.03. The third kappa shape index (κ3) is 4.44. The van der Waals surface area contributed by atoms with Gasteiger partial charge in [0.15, 0.2) is 5.82 Å². The van der Waals surface area contributed by atoms with Crippen molar-refractivity contribution in [3.8, 4) is 0 Å². The van der Waals surface area contributed by atoms with Crippen LogP contribution in [0.2, 0.25) is 0 Å². The van der Waals surface area contributed by atoms with Crippen molar-refractivity contribution in [3.05, 3.63) is 17.1 Å². The van der Waals surface area contributed by atoms with E-state index in [1.807, 2.05) is 30.6 Å². The molecular weight excluding hydrogens is 368 g/mol. The molecule has 1 aliphatic carbocycles. The number of hydrogen-bond donors (Lipinski definition) is 0. The highest BCUT2D eigenvalue weighted by Gasteiger charge is 2.36. The minimum Gasteiger partial charge on any atom is -0.369 e. The summed E-state index contributed by atoms with van der Waals surface area (Å²) >= 11 is 0. The maximum Gasteiger partial charge on any atom is 0.249 e. The van der Waals surface area contributed by atoms with Crippen LogP contribution in [0.5, 0.6) is 0 Å². The van der Waals surface area contributed by atoms with Crippen molar-refractivity contribution < 1.29 is 14.3 Å². The topological polar surface area (TPSA) is 75.6 Å². The molecular formula is C22H32N4O3. The van der Waals surface area contributed by atoms with Gasteiger partial charge in [-0.25, -0.2) is 9.97 Å². The van der Waals surface area contributed by atoms with E-state index in [2.05, 4.69) is 0 Å². The highest BCUT2D eigenvalue weighted by atomic mass is 16.5. The van der Waals surface area contributed by atoms with Crippen molar-refractivity contribution in [2.75, 3.05) is 24.6 Å². The van der Waals surface area contributed by atoms with Crippen molar-refractivity contribution >= 4 is 17.6 Å². The van der Waals surface area contributed by atoms with Gasteiger partial charge in [-0.1, -0.05) is 0 Å². The molecule has 1 atom stereocenters. The number of fused-ring (bicyclic) bond motifs is 1. The number of aryl methyl sites for hydroxylation is 1. The Bertz CT molecular complexity index is 791. The molecule has 7 nitrogen and oxygen atoms in total. The summed E-state index contributed by atoms with van der Waals surface area (Å²) in [7, 11) is 0. The van der Waals surface area contributed by atoms with Gasteiger partial charge in [-0.2, -0.15) is 0 Å². The fourth-order valence-corrected chi connectivity index (χ4v) is 4.32. The Morgan fingerprint density at radius 2 is 1.97 bits per heavy atom. The number of carbonyl (C=O) groups is 2. The lowest BCUT2D eigenvalue weighted by atomic mass is 9.99. The summed E-state index contributed by atoms with van der Waals surface area (Å²) in [4.78, 5) is 38.9. The summed E-state index contributed by atoms with van der Waals surface area (Å²) in [6.07, 6.45) is 6.52. The normalized spacial score (nSPS) is 22.2. The van der Waals surface area contributed by atoms with E-state index in [-0.39, 0.29) is 30.6 Å². The molecule has 0 spiro atoms. The van der Waals surface area contributed by atoms with Gasteiger partial charge in [0.05, 0.1) is 12.1 Å². The lowest BCUT2D eigenvalue weighted by Gasteiger charge is -2.36. The molecule has 2 amide bonds. The molecule has 1 saturated heterocycles. The van der Waals surface area contributed by atoms with Crippen LogP contribution in [-0.4, -0.2) is 52.5 Å². The molecule has 1 aromatic rings. The van der Waals surface area contributed by atoms with Crippen LogP contribution in [0, 0.1) is 12.8 Å². The molecule has 0 bridgehead atoms. The van der Waals surface area contributed by atoms with Gasteiger partial charge in [-0.3, -0.25) is 14.5 Å². The second-order valence-corrected chi connectivity index (χ2v) is 8.88. The van der Waals surface area contributed by atoms with Crippen LogP contribution in [-0.2, 0) is 20.7 Å². The van der Waals surface area contributed by atoms with Crippen LogP contribution in [0.3, 0.4) is 0 Å². The first-order valence-corrected chi connectivity index (χ1v) is 11.0. The highest BCUT2D eigenvalue weighted by molar-refractivity contribution is 5.95. The molecule has 0 radical (unpaired) electrons. The summed E-state index contributed by atoms with van der Waals surface area (Å²) in [5.74, 6) is 2.22. The Morgan fingerprint density at radius 3 is 2.69 bits per heavy atom. The third-order valence-electron chi connectivity index (χ3n) is 6.15. The summed E-state index contributed by atoms with van der Waals surface area (Å²) in [6.45, 7) is 7.42. The molecule has 1 saturated carbocycles. The quantitative estimate of drug-likeness (QED) is 0.734. The SMILES string of the molecule is Cc1nc(C2CCCCN2C(=O)COC(C)C)nc2c1CCC(=O)N2CC1CC1.